The van der Waals surface area contributed by atoms with E-state index in [-0.39, 0.29) is 17.9 Å². The average molecular weight is 270 g/mol. The van der Waals surface area contributed by atoms with Crippen LogP contribution < -0.4 is 5.32 Å². The summed E-state index contributed by atoms with van der Waals surface area (Å²) >= 11 is 7.42. The molecule has 1 N–H and O–H groups in total. The van der Waals surface area contributed by atoms with E-state index in [9.17, 15) is 4.79 Å². The SMILES string of the molecule is CC(CCCl)NC(=O)C1CSc2ccccc21. The predicted molar refractivity (Wildman–Crippen MR) is 72.8 cm³/mol. The highest BCUT2D eigenvalue weighted by Crippen LogP contribution is 2.39. The lowest BCUT2D eigenvalue weighted by molar-refractivity contribution is -0.122. The molecular weight excluding hydrogens is 254 g/mol. The summed E-state index contributed by atoms with van der Waals surface area (Å²) in [6, 6.07) is 8.29. The Morgan fingerprint density at radius 3 is 3.12 bits per heavy atom. The number of carbonyl (C=O) groups is 1. The van der Waals surface area contributed by atoms with Crippen LogP contribution in [-0.2, 0) is 4.79 Å². The first kappa shape index (κ1) is 12.8. The minimum absolute atomic E-state index is 0.00558. The van der Waals surface area contributed by atoms with Crippen molar-refractivity contribution >= 4 is 29.3 Å². The first-order valence-electron chi connectivity index (χ1n) is 5.80. The van der Waals surface area contributed by atoms with Gasteiger partial charge in [0, 0.05) is 22.6 Å². The monoisotopic (exact) mass is 269 g/mol. The van der Waals surface area contributed by atoms with Crippen LogP contribution in [-0.4, -0.2) is 23.6 Å². The zero-order chi connectivity index (χ0) is 12.3. The molecule has 92 valence electrons. The number of amides is 1. The molecule has 0 bridgehead atoms. The Morgan fingerprint density at radius 2 is 2.35 bits per heavy atom. The number of alkyl halides is 1. The highest BCUT2D eigenvalue weighted by molar-refractivity contribution is 7.99. The number of hydrogen-bond acceptors (Lipinski definition) is 2. The van der Waals surface area contributed by atoms with Gasteiger partial charge in [-0.15, -0.1) is 23.4 Å². The second-order valence-corrected chi connectivity index (χ2v) is 5.73. The zero-order valence-electron chi connectivity index (χ0n) is 9.78. The standard InChI is InChI=1S/C13H16ClNOS/c1-9(6-7-14)15-13(16)11-8-17-12-5-3-2-4-10(11)12/h2-5,9,11H,6-8H2,1H3,(H,15,16). The third-order valence-electron chi connectivity index (χ3n) is 2.95. The molecule has 0 fully saturated rings. The van der Waals surface area contributed by atoms with Crippen molar-refractivity contribution in [1.82, 2.24) is 5.32 Å². The number of rotatable bonds is 4. The van der Waals surface area contributed by atoms with Crippen molar-refractivity contribution < 1.29 is 4.79 Å². The molecule has 1 aromatic rings. The quantitative estimate of drug-likeness (QED) is 0.852. The van der Waals surface area contributed by atoms with Crippen LogP contribution in [0.3, 0.4) is 0 Å². The molecule has 4 heteroatoms. The van der Waals surface area contributed by atoms with E-state index in [1.807, 2.05) is 25.1 Å². The molecular formula is C13H16ClNOS. The van der Waals surface area contributed by atoms with Gasteiger partial charge in [0.05, 0.1) is 5.92 Å². The second kappa shape index (κ2) is 5.78. The molecule has 1 aliphatic rings. The number of nitrogens with one attached hydrogen (secondary N) is 1. The van der Waals surface area contributed by atoms with Gasteiger partial charge >= 0.3 is 0 Å². The third kappa shape index (κ3) is 2.96. The van der Waals surface area contributed by atoms with Gasteiger partial charge in [-0.05, 0) is 25.0 Å². The van der Waals surface area contributed by atoms with E-state index in [1.54, 1.807) is 11.8 Å². The van der Waals surface area contributed by atoms with Gasteiger partial charge in [0.25, 0.3) is 0 Å². The smallest absolute Gasteiger partial charge is 0.228 e. The van der Waals surface area contributed by atoms with Crippen molar-refractivity contribution in [3.05, 3.63) is 29.8 Å². The van der Waals surface area contributed by atoms with Gasteiger partial charge < -0.3 is 5.32 Å². The number of halogens is 1. The lowest BCUT2D eigenvalue weighted by atomic mass is 10.00. The van der Waals surface area contributed by atoms with Crippen molar-refractivity contribution in [2.75, 3.05) is 11.6 Å². The number of carbonyl (C=O) groups excluding carboxylic acids is 1. The van der Waals surface area contributed by atoms with E-state index in [4.69, 9.17) is 11.6 Å². The summed E-state index contributed by atoms with van der Waals surface area (Å²) in [6.45, 7) is 1.99. The number of benzene rings is 1. The fourth-order valence-electron chi connectivity index (χ4n) is 1.96. The van der Waals surface area contributed by atoms with Gasteiger partial charge in [-0.1, -0.05) is 18.2 Å². The Hall–Kier alpha value is -0.670. The lowest BCUT2D eigenvalue weighted by Crippen LogP contribution is -2.36. The summed E-state index contributed by atoms with van der Waals surface area (Å²) in [4.78, 5) is 13.4. The number of hydrogen-bond donors (Lipinski definition) is 1. The normalized spacial score (nSPS) is 19.8. The van der Waals surface area contributed by atoms with E-state index in [0.29, 0.717) is 5.88 Å². The Labute approximate surface area is 111 Å². The number of fused-ring (bicyclic) bond motifs is 1. The van der Waals surface area contributed by atoms with Crippen molar-refractivity contribution in [3.8, 4) is 0 Å². The highest BCUT2D eigenvalue weighted by atomic mass is 35.5. The van der Waals surface area contributed by atoms with Crippen LogP contribution in [0.4, 0.5) is 0 Å². The molecule has 1 aromatic carbocycles. The van der Waals surface area contributed by atoms with E-state index >= 15 is 0 Å². The highest BCUT2D eigenvalue weighted by Gasteiger charge is 2.29. The Balaban J connectivity index is 2.02. The largest absolute Gasteiger partial charge is 0.353 e. The molecule has 0 saturated carbocycles. The summed E-state index contributed by atoms with van der Waals surface area (Å²) in [5, 5.41) is 3.03. The molecule has 1 aliphatic heterocycles. The molecule has 2 nitrogen and oxygen atoms in total. The van der Waals surface area contributed by atoms with Crippen molar-refractivity contribution in [1.29, 1.82) is 0 Å². The number of thioether (sulfide) groups is 1. The van der Waals surface area contributed by atoms with Crippen LogP contribution in [0.25, 0.3) is 0 Å². The molecule has 17 heavy (non-hydrogen) atoms. The summed E-state index contributed by atoms with van der Waals surface area (Å²) in [5.74, 6) is 1.55. The molecule has 1 heterocycles. The van der Waals surface area contributed by atoms with Gasteiger partial charge in [0.15, 0.2) is 0 Å². The Kier molecular flexibility index (Phi) is 4.35. The summed E-state index contributed by atoms with van der Waals surface area (Å²) in [7, 11) is 0. The zero-order valence-corrected chi connectivity index (χ0v) is 11.4. The molecule has 2 atom stereocenters. The molecule has 1 amide bonds. The topological polar surface area (TPSA) is 29.1 Å². The van der Waals surface area contributed by atoms with E-state index in [1.165, 1.54) is 4.90 Å². The maximum absolute atomic E-state index is 12.1. The molecule has 2 unspecified atom stereocenters. The maximum atomic E-state index is 12.1. The van der Waals surface area contributed by atoms with E-state index in [0.717, 1.165) is 17.7 Å². The van der Waals surface area contributed by atoms with Gasteiger partial charge in [-0.25, -0.2) is 0 Å². The lowest BCUT2D eigenvalue weighted by Gasteiger charge is -2.16. The first-order chi connectivity index (χ1) is 8.22. The summed E-state index contributed by atoms with van der Waals surface area (Å²) < 4.78 is 0. The van der Waals surface area contributed by atoms with Crippen LogP contribution in [0.15, 0.2) is 29.2 Å². The van der Waals surface area contributed by atoms with Crippen molar-refractivity contribution in [2.45, 2.75) is 30.2 Å². The average Bonchev–Trinajstić information content (AvgIpc) is 2.72. The molecule has 0 spiro atoms. The van der Waals surface area contributed by atoms with Crippen molar-refractivity contribution in [3.63, 3.8) is 0 Å². The van der Waals surface area contributed by atoms with Gasteiger partial charge in [0.1, 0.15) is 0 Å². The predicted octanol–water partition coefficient (Wildman–Crippen LogP) is 3.01. The van der Waals surface area contributed by atoms with Crippen LogP contribution in [0.1, 0.15) is 24.8 Å². The maximum Gasteiger partial charge on any atom is 0.228 e. The van der Waals surface area contributed by atoms with Crippen LogP contribution in [0.5, 0.6) is 0 Å². The van der Waals surface area contributed by atoms with E-state index in [2.05, 4.69) is 11.4 Å². The molecule has 0 aliphatic carbocycles. The molecule has 0 saturated heterocycles. The third-order valence-corrected chi connectivity index (χ3v) is 4.35. The first-order valence-corrected chi connectivity index (χ1v) is 7.32. The van der Waals surface area contributed by atoms with E-state index < -0.39 is 0 Å². The fraction of sp³-hybridized carbons (Fsp3) is 0.462. The summed E-state index contributed by atoms with van der Waals surface area (Å²) in [5.41, 5.74) is 1.16. The summed E-state index contributed by atoms with van der Waals surface area (Å²) in [6.07, 6.45) is 0.814. The van der Waals surface area contributed by atoms with Crippen LogP contribution in [0.2, 0.25) is 0 Å². The van der Waals surface area contributed by atoms with Gasteiger partial charge in [-0.2, -0.15) is 0 Å². The minimum atomic E-state index is -0.00558. The van der Waals surface area contributed by atoms with Crippen molar-refractivity contribution in [2.24, 2.45) is 0 Å². The van der Waals surface area contributed by atoms with Gasteiger partial charge in [0.2, 0.25) is 5.91 Å². The molecule has 0 aromatic heterocycles. The Morgan fingerprint density at radius 1 is 1.59 bits per heavy atom. The van der Waals surface area contributed by atoms with Gasteiger partial charge in [-0.3, -0.25) is 4.79 Å². The Bertz CT molecular complexity index is 410. The molecule has 0 radical (unpaired) electrons. The molecule has 2 rings (SSSR count). The minimum Gasteiger partial charge on any atom is -0.353 e. The van der Waals surface area contributed by atoms with Crippen LogP contribution in [0, 0.1) is 0 Å². The van der Waals surface area contributed by atoms with Crippen LogP contribution >= 0.6 is 23.4 Å². The second-order valence-electron chi connectivity index (χ2n) is 4.29. The fourth-order valence-corrected chi connectivity index (χ4v) is 3.52.